The molecule has 0 radical (unpaired) electrons. The smallest absolute Gasteiger partial charge is 0.349 e. The highest BCUT2D eigenvalue weighted by atomic mass is 19.4. The average molecular weight is 479 g/mol. The molecule has 0 fully saturated rings. The van der Waals surface area contributed by atoms with Crippen LogP contribution >= 0.6 is 0 Å². The Hall–Kier alpha value is -3.80. The van der Waals surface area contributed by atoms with E-state index in [1.807, 2.05) is 0 Å². The summed E-state index contributed by atoms with van der Waals surface area (Å²) in [5.74, 6) is -1.37. The van der Waals surface area contributed by atoms with Gasteiger partial charge in [0.25, 0.3) is 11.5 Å². The van der Waals surface area contributed by atoms with Crippen molar-refractivity contribution in [1.29, 1.82) is 0 Å². The molecule has 0 atom stereocenters. The van der Waals surface area contributed by atoms with Crippen molar-refractivity contribution in [3.8, 4) is 5.69 Å². The average Bonchev–Trinajstić information content (AvgIpc) is 2.77. The number of amides is 1. The topological polar surface area (TPSA) is 89.2 Å². The summed E-state index contributed by atoms with van der Waals surface area (Å²) in [6.07, 6.45) is -4.59. The fourth-order valence-electron chi connectivity index (χ4n) is 3.01. The van der Waals surface area contributed by atoms with Crippen molar-refractivity contribution in [2.45, 2.75) is 12.7 Å². The molecule has 1 heterocycles. The molecule has 0 spiro atoms. The minimum Gasteiger partial charge on any atom is -0.349 e. The molecule has 1 N–H and O–H groups in total. The van der Waals surface area contributed by atoms with E-state index >= 15 is 0 Å². The molecule has 0 aliphatic carbocycles. The number of benzene rings is 2. The molecule has 12 heteroatoms. The molecule has 1 aromatic heterocycles. The molecule has 2 aromatic carbocycles. The van der Waals surface area contributed by atoms with Crippen molar-refractivity contribution >= 4 is 5.91 Å². The van der Waals surface area contributed by atoms with Crippen molar-refractivity contribution in [1.82, 2.24) is 24.6 Å². The number of carbonyl (C=O) groups is 1. The van der Waals surface area contributed by atoms with Gasteiger partial charge in [0.1, 0.15) is 5.82 Å². The predicted molar refractivity (Wildman–Crippen MR) is 115 cm³/mol. The lowest BCUT2D eigenvalue weighted by molar-refractivity contribution is -0.137. The standard InChI is InChI=1S/C22H21F4N5O3/c1-29(2)12-11-27-19(32)18-20(33)30(13-14-3-7-16(23)8-4-14)21(34)31(28-18)17-9-5-15(6-10-17)22(24,25)26/h3-10H,11-13H2,1-2H3,(H,27,32). The molecule has 1 amide bonds. The number of aromatic nitrogens is 3. The first-order valence-electron chi connectivity index (χ1n) is 10.1. The van der Waals surface area contributed by atoms with Gasteiger partial charge in [-0.3, -0.25) is 14.2 Å². The number of nitrogens with zero attached hydrogens (tertiary/aromatic N) is 4. The number of hydrogen-bond acceptors (Lipinski definition) is 5. The van der Waals surface area contributed by atoms with E-state index in [2.05, 4.69) is 10.4 Å². The van der Waals surface area contributed by atoms with Gasteiger partial charge in [0.2, 0.25) is 5.69 Å². The maximum atomic E-state index is 13.3. The Bertz CT molecular complexity index is 1280. The number of hydrogen-bond donors (Lipinski definition) is 1. The summed E-state index contributed by atoms with van der Waals surface area (Å²) in [6, 6.07) is 8.55. The molecular formula is C22H21F4N5O3. The summed E-state index contributed by atoms with van der Waals surface area (Å²) in [6.45, 7) is 0.345. The Labute approximate surface area is 191 Å². The molecule has 3 aromatic rings. The summed E-state index contributed by atoms with van der Waals surface area (Å²) in [7, 11) is 3.57. The fourth-order valence-corrected chi connectivity index (χ4v) is 3.01. The highest BCUT2D eigenvalue weighted by Gasteiger charge is 2.30. The third-order valence-electron chi connectivity index (χ3n) is 4.81. The van der Waals surface area contributed by atoms with Crippen LogP contribution in [0.15, 0.2) is 58.1 Å². The number of rotatable bonds is 7. The Morgan fingerprint density at radius 2 is 1.65 bits per heavy atom. The summed E-state index contributed by atoms with van der Waals surface area (Å²) < 4.78 is 53.4. The van der Waals surface area contributed by atoms with E-state index in [-0.39, 0.29) is 18.8 Å². The summed E-state index contributed by atoms with van der Waals surface area (Å²) >= 11 is 0. The van der Waals surface area contributed by atoms with Gasteiger partial charge in [0, 0.05) is 13.1 Å². The van der Waals surface area contributed by atoms with Crippen LogP contribution in [-0.2, 0) is 12.7 Å². The first kappa shape index (κ1) is 24.8. The van der Waals surface area contributed by atoms with Crippen LogP contribution in [0.5, 0.6) is 0 Å². The molecule has 0 saturated carbocycles. The normalized spacial score (nSPS) is 11.6. The van der Waals surface area contributed by atoms with Crippen LogP contribution in [0.1, 0.15) is 21.6 Å². The van der Waals surface area contributed by atoms with Crippen LogP contribution in [0.2, 0.25) is 0 Å². The van der Waals surface area contributed by atoms with Gasteiger partial charge in [0.15, 0.2) is 0 Å². The van der Waals surface area contributed by atoms with Crippen LogP contribution in [0.25, 0.3) is 5.69 Å². The molecule has 0 bridgehead atoms. The first-order chi connectivity index (χ1) is 16.0. The lowest BCUT2D eigenvalue weighted by Gasteiger charge is -2.14. The number of nitrogens with one attached hydrogen (secondary N) is 1. The Kier molecular flexibility index (Phi) is 7.30. The van der Waals surface area contributed by atoms with E-state index in [4.69, 9.17) is 0 Å². The molecule has 0 unspecified atom stereocenters. The second-order valence-electron chi connectivity index (χ2n) is 7.66. The zero-order valence-electron chi connectivity index (χ0n) is 18.3. The second-order valence-corrected chi connectivity index (χ2v) is 7.66. The summed E-state index contributed by atoms with van der Waals surface area (Å²) in [4.78, 5) is 40.5. The van der Waals surface area contributed by atoms with Gasteiger partial charge in [-0.1, -0.05) is 12.1 Å². The van der Waals surface area contributed by atoms with Crippen molar-refractivity contribution in [2.75, 3.05) is 27.2 Å². The van der Waals surface area contributed by atoms with E-state index in [0.717, 1.165) is 41.0 Å². The lowest BCUT2D eigenvalue weighted by Crippen LogP contribution is -2.46. The van der Waals surface area contributed by atoms with Gasteiger partial charge in [-0.25, -0.2) is 9.18 Å². The monoisotopic (exact) mass is 479 g/mol. The fraction of sp³-hybridized carbons (Fsp3) is 0.273. The third-order valence-corrected chi connectivity index (χ3v) is 4.81. The minimum absolute atomic E-state index is 0.0757. The highest BCUT2D eigenvalue weighted by molar-refractivity contribution is 5.91. The largest absolute Gasteiger partial charge is 0.416 e. The Balaban J connectivity index is 2.10. The van der Waals surface area contributed by atoms with Crippen molar-refractivity contribution in [3.05, 3.63) is 92.0 Å². The number of carbonyl (C=O) groups excluding carboxylic acids is 1. The van der Waals surface area contributed by atoms with Crippen LogP contribution < -0.4 is 16.6 Å². The van der Waals surface area contributed by atoms with Crippen LogP contribution in [0.4, 0.5) is 17.6 Å². The van der Waals surface area contributed by atoms with Crippen molar-refractivity contribution in [3.63, 3.8) is 0 Å². The Morgan fingerprint density at radius 1 is 1.03 bits per heavy atom. The van der Waals surface area contributed by atoms with Crippen LogP contribution in [-0.4, -0.2) is 52.3 Å². The predicted octanol–water partition coefficient (Wildman–Crippen LogP) is 1.89. The van der Waals surface area contributed by atoms with E-state index in [1.165, 1.54) is 12.1 Å². The molecule has 0 aliphatic rings. The van der Waals surface area contributed by atoms with Gasteiger partial charge >= 0.3 is 11.9 Å². The summed E-state index contributed by atoms with van der Waals surface area (Å²) in [5, 5.41) is 6.38. The maximum absolute atomic E-state index is 13.3. The van der Waals surface area contributed by atoms with Gasteiger partial charge < -0.3 is 10.2 Å². The van der Waals surface area contributed by atoms with Crippen molar-refractivity contribution < 1.29 is 22.4 Å². The van der Waals surface area contributed by atoms with E-state index in [9.17, 15) is 31.9 Å². The number of likely N-dealkylation sites (N-methyl/N-ethyl adjacent to an activating group) is 1. The molecule has 0 aliphatic heterocycles. The molecule has 34 heavy (non-hydrogen) atoms. The minimum atomic E-state index is -4.59. The maximum Gasteiger partial charge on any atom is 0.416 e. The number of alkyl halides is 3. The molecule has 0 saturated heterocycles. The second kappa shape index (κ2) is 10.00. The zero-order chi connectivity index (χ0) is 25.0. The first-order valence-corrected chi connectivity index (χ1v) is 10.1. The zero-order valence-corrected chi connectivity index (χ0v) is 18.3. The lowest BCUT2D eigenvalue weighted by atomic mass is 10.2. The van der Waals surface area contributed by atoms with Gasteiger partial charge in [0.05, 0.1) is 17.8 Å². The van der Waals surface area contributed by atoms with Crippen LogP contribution in [0, 0.1) is 5.82 Å². The third kappa shape index (κ3) is 5.76. The molecule has 3 rings (SSSR count). The quantitative estimate of drug-likeness (QED) is 0.523. The van der Waals surface area contributed by atoms with Gasteiger partial charge in [-0.2, -0.15) is 23.0 Å². The van der Waals surface area contributed by atoms with E-state index in [0.29, 0.717) is 16.8 Å². The Morgan fingerprint density at radius 3 is 2.21 bits per heavy atom. The van der Waals surface area contributed by atoms with Crippen LogP contribution in [0.3, 0.4) is 0 Å². The van der Waals surface area contributed by atoms with Crippen molar-refractivity contribution in [2.24, 2.45) is 0 Å². The molecule has 180 valence electrons. The van der Waals surface area contributed by atoms with Gasteiger partial charge in [-0.15, -0.1) is 0 Å². The van der Waals surface area contributed by atoms with E-state index in [1.54, 1.807) is 19.0 Å². The highest BCUT2D eigenvalue weighted by Crippen LogP contribution is 2.29. The SMILES string of the molecule is CN(C)CCNC(=O)c1nn(-c2ccc(C(F)(F)F)cc2)c(=O)n(Cc2ccc(F)cc2)c1=O. The molecular weight excluding hydrogens is 458 g/mol. The van der Waals surface area contributed by atoms with Gasteiger partial charge in [-0.05, 0) is 56.1 Å². The summed E-state index contributed by atoms with van der Waals surface area (Å²) in [5.41, 5.74) is -3.19. The molecule has 8 nitrogen and oxygen atoms in total. The van der Waals surface area contributed by atoms with E-state index < -0.39 is 40.4 Å². The number of halogens is 4.